The van der Waals surface area contributed by atoms with Crippen molar-refractivity contribution in [3.05, 3.63) is 27.7 Å². The Morgan fingerprint density at radius 1 is 1.29 bits per heavy atom. The highest BCUT2D eigenvalue weighted by molar-refractivity contribution is 8.13. The number of carbonyl (C=O) groups excluding carboxylic acids is 1. The minimum Gasteiger partial charge on any atom is -0.352 e. The topological polar surface area (TPSA) is 80.3 Å². The van der Waals surface area contributed by atoms with Crippen LogP contribution in [0.3, 0.4) is 0 Å². The van der Waals surface area contributed by atoms with Crippen LogP contribution in [0.25, 0.3) is 0 Å². The fourth-order valence-corrected chi connectivity index (χ4v) is 3.84. The van der Waals surface area contributed by atoms with Crippen molar-refractivity contribution >= 4 is 59.6 Å². The molecule has 0 spiro atoms. The third-order valence-electron chi connectivity index (χ3n) is 2.42. The average molecular weight is 393 g/mol. The van der Waals surface area contributed by atoms with E-state index < -0.39 is 25.8 Å². The van der Waals surface area contributed by atoms with Crippen LogP contribution in [0.1, 0.15) is 16.8 Å². The summed E-state index contributed by atoms with van der Waals surface area (Å²) in [6, 6.07) is 2.18. The van der Waals surface area contributed by atoms with E-state index in [1.165, 1.54) is 0 Å². The van der Waals surface area contributed by atoms with Crippen molar-refractivity contribution in [3.8, 4) is 0 Å². The highest BCUT2D eigenvalue weighted by Crippen LogP contribution is 2.30. The molecule has 0 aliphatic heterocycles. The lowest BCUT2D eigenvalue weighted by atomic mass is 10.2. The largest absolute Gasteiger partial charge is 0.352 e. The molecule has 1 aromatic rings. The zero-order chi connectivity index (χ0) is 16.2. The lowest BCUT2D eigenvalue weighted by Gasteiger charge is -2.09. The van der Waals surface area contributed by atoms with E-state index in [0.717, 1.165) is 12.1 Å². The van der Waals surface area contributed by atoms with E-state index in [0.29, 0.717) is 18.7 Å². The highest BCUT2D eigenvalue weighted by Gasteiger charge is 2.20. The summed E-state index contributed by atoms with van der Waals surface area (Å²) in [4.78, 5) is 11.6. The third kappa shape index (κ3) is 5.75. The minimum atomic E-state index is -4.08. The second-order valence-corrected chi connectivity index (χ2v) is 8.99. The molecule has 21 heavy (non-hydrogen) atoms. The molecule has 0 fully saturated rings. The fraction of sp³-hybridized carbons (Fsp3) is 0.364. The molecule has 0 aromatic heterocycles. The highest BCUT2D eigenvalue weighted by atomic mass is 35.7. The Bertz CT molecular complexity index is 676. The van der Waals surface area contributed by atoms with Crippen LogP contribution >= 0.6 is 33.9 Å². The SMILES string of the molecule is CS(=O)CCCNC(=O)c1cc(S(=O)(=O)Cl)c(Cl)cc1Cl. The molecular formula is C11H12Cl3NO4S2. The zero-order valence-electron chi connectivity index (χ0n) is 10.9. The van der Waals surface area contributed by atoms with Gasteiger partial charge in [0.2, 0.25) is 0 Å². The zero-order valence-corrected chi connectivity index (χ0v) is 14.8. The number of benzene rings is 1. The van der Waals surface area contributed by atoms with Crippen LogP contribution in [0.15, 0.2) is 17.0 Å². The van der Waals surface area contributed by atoms with Gasteiger partial charge in [0.15, 0.2) is 0 Å². The molecule has 1 unspecified atom stereocenters. The number of hydrogen-bond donors (Lipinski definition) is 1. The maximum absolute atomic E-state index is 11.9. The molecule has 0 saturated heterocycles. The molecule has 1 aromatic carbocycles. The van der Waals surface area contributed by atoms with Crippen LogP contribution in [0, 0.1) is 0 Å². The van der Waals surface area contributed by atoms with Crippen LogP contribution < -0.4 is 5.32 Å². The van der Waals surface area contributed by atoms with Gasteiger partial charge in [0, 0.05) is 40.0 Å². The Morgan fingerprint density at radius 2 is 1.90 bits per heavy atom. The molecule has 1 rings (SSSR count). The van der Waals surface area contributed by atoms with Crippen molar-refractivity contribution in [1.29, 1.82) is 0 Å². The molecule has 0 aliphatic carbocycles. The fourth-order valence-electron chi connectivity index (χ4n) is 1.46. The Balaban J connectivity index is 2.92. The monoisotopic (exact) mass is 391 g/mol. The normalized spacial score (nSPS) is 13.0. The Kier molecular flexibility index (Phi) is 6.93. The lowest BCUT2D eigenvalue weighted by molar-refractivity contribution is 0.0953. The number of carbonyl (C=O) groups is 1. The predicted octanol–water partition coefficient (Wildman–Crippen LogP) is 2.42. The van der Waals surface area contributed by atoms with E-state index in [4.69, 9.17) is 33.9 Å². The lowest BCUT2D eigenvalue weighted by Crippen LogP contribution is -2.25. The van der Waals surface area contributed by atoms with Crippen molar-refractivity contribution in [3.63, 3.8) is 0 Å². The maximum atomic E-state index is 11.9. The van der Waals surface area contributed by atoms with Crippen LogP contribution in [-0.4, -0.2) is 37.1 Å². The van der Waals surface area contributed by atoms with Gasteiger partial charge in [-0.15, -0.1) is 0 Å². The van der Waals surface area contributed by atoms with Crippen molar-refractivity contribution in [2.75, 3.05) is 18.6 Å². The van der Waals surface area contributed by atoms with Gasteiger partial charge in [0.1, 0.15) is 4.90 Å². The first-order valence-electron chi connectivity index (χ1n) is 5.65. The standard InChI is InChI=1S/C11H12Cl3NO4S2/c1-20(17)4-2-3-15-11(16)7-5-10(21(14,18)19)9(13)6-8(7)12/h5-6H,2-4H2,1H3,(H,15,16). The van der Waals surface area contributed by atoms with E-state index in [9.17, 15) is 17.4 Å². The quantitative estimate of drug-likeness (QED) is 0.595. The van der Waals surface area contributed by atoms with Gasteiger partial charge in [-0.2, -0.15) is 0 Å². The number of rotatable bonds is 6. The van der Waals surface area contributed by atoms with E-state index in [1.807, 2.05) is 0 Å². The molecular weight excluding hydrogens is 381 g/mol. The summed E-state index contributed by atoms with van der Waals surface area (Å²) in [7, 11) is 0.213. The molecule has 0 radical (unpaired) electrons. The van der Waals surface area contributed by atoms with Gasteiger partial charge in [0.25, 0.3) is 15.0 Å². The number of hydrogen-bond acceptors (Lipinski definition) is 4. The Labute approximate surface area is 139 Å². The summed E-state index contributed by atoms with van der Waals surface area (Å²) >= 11 is 11.6. The van der Waals surface area contributed by atoms with E-state index in [-0.39, 0.29) is 20.5 Å². The van der Waals surface area contributed by atoms with Crippen LogP contribution in [0.2, 0.25) is 10.0 Å². The van der Waals surface area contributed by atoms with Gasteiger partial charge in [-0.1, -0.05) is 23.2 Å². The smallest absolute Gasteiger partial charge is 0.262 e. The summed E-state index contributed by atoms with van der Waals surface area (Å²) in [5.74, 6) is -0.101. The van der Waals surface area contributed by atoms with Crippen molar-refractivity contribution in [1.82, 2.24) is 5.32 Å². The first-order valence-corrected chi connectivity index (χ1v) is 10.4. The van der Waals surface area contributed by atoms with Gasteiger partial charge in [0.05, 0.1) is 15.6 Å². The van der Waals surface area contributed by atoms with Crippen LogP contribution in [-0.2, 0) is 19.9 Å². The Hall–Kier alpha value is -0.340. The van der Waals surface area contributed by atoms with Crippen LogP contribution in [0.4, 0.5) is 0 Å². The summed E-state index contributed by atoms with van der Waals surface area (Å²) in [5.41, 5.74) is -0.0436. The number of halogens is 3. The van der Waals surface area contributed by atoms with Crippen LogP contribution in [0.5, 0.6) is 0 Å². The first kappa shape index (κ1) is 18.7. The minimum absolute atomic E-state index is 0.0145. The molecule has 0 heterocycles. The molecule has 0 saturated carbocycles. The van der Waals surface area contributed by atoms with E-state index in [1.54, 1.807) is 6.26 Å². The first-order chi connectivity index (χ1) is 9.62. The Morgan fingerprint density at radius 3 is 2.43 bits per heavy atom. The van der Waals surface area contributed by atoms with Crippen molar-refractivity contribution in [2.45, 2.75) is 11.3 Å². The van der Waals surface area contributed by atoms with Crippen molar-refractivity contribution < 1.29 is 17.4 Å². The maximum Gasteiger partial charge on any atom is 0.262 e. The van der Waals surface area contributed by atoms with Crippen molar-refractivity contribution in [2.24, 2.45) is 0 Å². The predicted molar refractivity (Wildman–Crippen MR) is 85.4 cm³/mol. The molecule has 0 bridgehead atoms. The van der Waals surface area contributed by atoms with Gasteiger partial charge < -0.3 is 5.32 Å². The molecule has 10 heteroatoms. The number of amides is 1. The summed E-state index contributed by atoms with van der Waals surface area (Å²) in [6.45, 7) is 0.292. The summed E-state index contributed by atoms with van der Waals surface area (Å²) in [5, 5.41) is 2.41. The molecule has 118 valence electrons. The molecule has 5 nitrogen and oxygen atoms in total. The third-order valence-corrected chi connectivity index (χ3v) is 5.39. The molecule has 0 aliphatic rings. The molecule has 1 atom stereocenters. The van der Waals surface area contributed by atoms with E-state index in [2.05, 4.69) is 5.32 Å². The number of nitrogens with one attached hydrogen (secondary N) is 1. The second kappa shape index (κ2) is 7.78. The molecule has 1 N–H and O–H groups in total. The molecule has 1 amide bonds. The average Bonchev–Trinajstić information content (AvgIpc) is 2.32. The van der Waals surface area contributed by atoms with Gasteiger partial charge in [-0.25, -0.2) is 8.42 Å². The van der Waals surface area contributed by atoms with E-state index >= 15 is 0 Å². The summed E-state index contributed by atoms with van der Waals surface area (Å²) in [6.07, 6.45) is 2.09. The second-order valence-electron chi connectivity index (χ2n) is 4.09. The summed E-state index contributed by atoms with van der Waals surface area (Å²) < 4.78 is 33.6. The van der Waals surface area contributed by atoms with Gasteiger partial charge in [-0.05, 0) is 18.6 Å². The van der Waals surface area contributed by atoms with Gasteiger partial charge in [-0.3, -0.25) is 9.00 Å². The van der Waals surface area contributed by atoms with Gasteiger partial charge >= 0.3 is 0 Å².